The zero-order valence-electron chi connectivity index (χ0n) is 12.8. The molecule has 1 N–H and O–H groups in total. The van der Waals surface area contributed by atoms with E-state index in [1.807, 2.05) is 49.4 Å². The van der Waals surface area contributed by atoms with Crippen molar-refractivity contribution in [3.05, 3.63) is 54.4 Å². The molecule has 0 atom stereocenters. The Labute approximate surface area is 132 Å². The molecule has 0 aliphatic heterocycles. The predicted octanol–water partition coefficient (Wildman–Crippen LogP) is 4.44. The van der Waals surface area contributed by atoms with Gasteiger partial charge in [0.05, 0.1) is 12.8 Å². The van der Waals surface area contributed by atoms with Crippen LogP contribution in [0.1, 0.15) is 5.56 Å². The van der Waals surface area contributed by atoms with E-state index in [1.54, 1.807) is 7.11 Å². The van der Waals surface area contributed by atoms with Gasteiger partial charge in [-0.15, -0.1) is 0 Å². The average molecular weight is 305 g/mol. The molecular weight excluding hydrogens is 290 g/mol. The highest BCUT2D eigenvalue weighted by Crippen LogP contribution is 2.34. The topological polar surface area (TPSA) is 60.2 Å². The van der Waals surface area contributed by atoms with Gasteiger partial charge >= 0.3 is 0 Å². The van der Waals surface area contributed by atoms with Crippen molar-refractivity contribution in [2.24, 2.45) is 0 Å². The molecule has 0 fully saturated rings. The van der Waals surface area contributed by atoms with Crippen molar-refractivity contribution in [3.63, 3.8) is 0 Å². The summed E-state index contributed by atoms with van der Waals surface area (Å²) in [6.07, 6.45) is 1.54. The van der Waals surface area contributed by atoms with Crippen molar-refractivity contribution in [1.29, 1.82) is 0 Å². The second-order valence-electron chi connectivity index (χ2n) is 5.33. The molecule has 5 nitrogen and oxygen atoms in total. The van der Waals surface area contributed by atoms with Crippen LogP contribution in [0.5, 0.6) is 5.75 Å². The van der Waals surface area contributed by atoms with Crippen molar-refractivity contribution in [2.75, 3.05) is 12.4 Å². The first-order valence-corrected chi connectivity index (χ1v) is 7.30. The molecule has 0 bridgehead atoms. The Morgan fingerprint density at radius 1 is 1.09 bits per heavy atom. The lowest BCUT2D eigenvalue weighted by Crippen LogP contribution is -1.98. The summed E-state index contributed by atoms with van der Waals surface area (Å²) in [5.74, 6) is 1.37. The van der Waals surface area contributed by atoms with Crippen molar-refractivity contribution in [2.45, 2.75) is 6.92 Å². The molecule has 0 saturated heterocycles. The summed E-state index contributed by atoms with van der Waals surface area (Å²) < 4.78 is 11.3. The highest BCUT2D eigenvalue weighted by molar-refractivity contribution is 6.05. The smallest absolute Gasteiger partial charge is 0.196 e. The number of furan rings is 1. The summed E-state index contributed by atoms with van der Waals surface area (Å²) >= 11 is 0. The van der Waals surface area contributed by atoms with Crippen LogP contribution in [0.2, 0.25) is 0 Å². The molecule has 2 aromatic carbocycles. The molecule has 23 heavy (non-hydrogen) atoms. The fourth-order valence-electron chi connectivity index (χ4n) is 2.66. The minimum atomic E-state index is 0.620. The van der Waals surface area contributed by atoms with Gasteiger partial charge < -0.3 is 14.5 Å². The van der Waals surface area contributed by atoms with Crippen molar-refractivity contribution in [3.8, 4) is 5.75 Å². The molecule has 0 radical (unpaired) electrons. The van der Waals surface area contributed by atoms with Gasteiger partial charge in [-0.05, 0) is 36.8 Å². The monoisotopic (exact) mass is 305 g/mol. The lowest BCUT2D eigenvalue weighted by atomic mass is 10.2. The first kappa shape index (κ1) is 13.6. The Bertz CT molecular complexity index is 1010. The van der Waals surface area contributed by atoms with E-state index >= 15 is 0 Å². The largest absolute Gasteiger partial charge is 0.495 e. The van der Waals surface area contributed by atoms with Crippen molar-refractivity contribution < 1.29 is 9.15 Å². The second kappa shape index (κ2) is 5.28. The summed E-state index contributed by atoms with van der Waals surface area (Å²) in [6.45, 7) is 2.03. The summed E-state index contributed by atoms with van der Waals surface area (Å²) in [4.78, 5) is 8.69. The molecule has 0 unspecified atom stereocenters. The molecule has 2 aromatic heterocycles. The molecule has 0 spiro atoms. The number of aromatic nitrogens is 2. The lowest BCUT2D eigenvalue weighted by Gasteiger charge is -2.11. The van der Waals surface area contributed by atoms with Crippen molar-refractivity contribution in [1.82, 2.24) is 9.97 Å². The molecule has 0 aliphatic rings. The van der Waals surface area contributed by atoms with Gasteiger partial charge in [0, 0.05) is 5.39 Å². The standard InChI is InChI=1S/C18H15N3O2/c1-11-7-8-15(22-2)13(9-11)21-18-17-16(19-10-20-18)12-5-3-4-6-14(12)23-17/h3-10H,1-2H3,(H,19,20,21). The van der Waals surface area contributed by atoms with E-state index in [0.717, 1.165) is 33.5 Å². The van der Waals surface area contributed by atoms with Crippen LogP contribution in [0.4, 0.5) is 11.5 Å². The van der Waals surface area contributed by atoms with E-state index in [1.165, 1.54) is 6.33 Å². The second-order valence-corrected chi connectivity index (χ2v) is 5.33. The Kier molecular flexibility index (Phi) is 3.12. The van der Waals surface area contributed by atoms with Gasteiger partial charge in [-0.2, -0.15) is 0 Å². The molecular formula is C18H15N3O2. The summed E-state index contributed by atoms with van der Waals surface area (Å²) in [5.41, 5.74) is 4.19. The van der Waals surface area contributed by atoms with E-state index in [0.29, 0.717) is 11.4 Å². The summed E-state index contributed by atoms with van der Waals surface area (Å²) in [5, 5.41) is 4.27. The fraction of sp³-hybridized carbons (Fsp3) is 0.111. The number of hydrogen-bond acceptors (Lipinski definition) is 5. The van der Waals surface area contributed by atoms with Crippen LogP contribution in [0.15, 0.2) is 53.2 Å². The number of rotatable bonds is 3. The third-order valence-electron chi connectivity index (χ3n) is 3.77. The van der Waals surface area contributed by atoms with E-state index in [4.69, 9.17) is 9.15 Å². The van der Waals surface area contributed by atoms with E-state index in [-0.39, 0.29) is 0 Å². The van der Waals surface area contributed by atoms with E-state index in [2.05, 4.69) is 15.3 Å². The lowest BCUT2D eigenvalue weighted by molar-refractivity contribution is 0.416. The molecule has 4 rings (SSSR count). The minimum Gasteiger partial charge on any atom is -0.495 e. The number of hydrogen-bond donors (Lipinski definition) is 1. The Hall–Kier alpha value is -3.08. The van der Waals surface area contributed by atoms with Gasteiger partial charge in [0.1, 0.15) is 23.2 Å². The van der Waals surface area contributed by atoms with Gasteiger partial charge in [0.15, 0.2) is 11.4 Å². The Balaban J connectivity index is 1.88. The first-order chi connectivity index (χ1) is 11.3. The third kappa shape index (κ3) is 2.26. The van der Waals surface area contributed by atoms with Crippen LogP contribution in [0.25, 0.3) is 22.1 Å². The van der Waals surface area contributed by atoms with Crippen LogP contribution in [0, 0.1) is 6.92 Å². The number of benzene rings is 2. The number of ether oxygens (including phenoxy) is 1. The maximum absolute atomic E-state index is 5.93. The SMILES string of the molecule is COc1ccc(C)cc1Nc1ncnc2c1oc1ccccc12. The molecule has 5 heteroatoms. The molecule has 4 aromatic rings. The quantitative estimate of drug-likeness (QED) is 0.606. The summed E-state index contributed by atoms with van der Waals surface area (Å²) in [7, 11) is 1.65. The van der Waals surface area contributed by atoms with E-state index < -0.39 is 0 Å². The number of methoxy groups -OCH3 is 1. The van der Waals surface area contributed by atoms with Gasteiger partial charge in [0.25, 0.3) is 0 Å². The fourth-order valence-corrected chi connectivity index (χ4v) is 2.66. The number of aryl methyl sites for hydroxylation is 1. The van der Waals surface area contributed by atoms with Crippen LogP contribution in [-0.2, 0) is 0 Å². The van der Waals surface area contributed by atoms with Gasteiger partial charge in [-0.3, -0.25) is 0 Å². The first-order valence-electron chi connectivity index (χ1n) is 7.30. The predicted molar refractivity (Wildman–Crippen MR) is 90.3 cm³/mol. The van der Waals surface area contributed by atoms with E-state index in [9.17, 15) is 0 Å². The molecule has 0 aliphatic carbocycles. The van der Waals surface area contributed by atoms with Crippen molar-refractivity contribution >= 4 is 33.6 Å². The van der Waals surface area contributed by atoms with Gasteiger partial charge in [0.2, 0.25) is 0 Å². The summed E-state index contributed by atoms with van der Waals surface area (Å²) in [6, 6.07) is 13.8. The van der Waals surface area contributed by atoms with Crippen LogP contribution in [0.3, 0.4) is 0 Å². The van der Waals surface area contributed by atoms with Crippen LogP contribution in [-0.4, -0.2) is 17.1 Å². The highest BCUT2D eigenvalue weighted by atomic mass is 16.5. The molecule has 2 heterocycles. The molecule has 0 saturated carbocycles. The number of nitrogens with zero attached hydrogens (tertiary/aromatic N) is 2. The van der Waals surface area contributed by atoms with Crippen LogP contribution < -0.4 is 10.1 Å². The number of anilines is 2. The average Bonchev–Trinajstić information content (AvgIpc) is 2.95. The number of para-hydroxylation sites is 1. The maximum atomic E-state index is 5.93. The third-order valence-corrected chi connectivity index (χ3v) is 3.77. The highest BCUT2D eigenvalue weighted by Gasteiger charge is 2.14. The normalized spacial score (nSPS) is 11.0. The maximum Gasteiger partial charge on any atom is 0.196 e. The van der Waals surface area contributed by atoms with Gasteiger partial charge in [-0.1, -0.05) is 18.2 Å². The molecule has 0 amide bonds. The zero-order valence-corrected chi connectivity index (χ0v) is 12.8. The molecule has 114 valence electrons. The zero-order chi connectivity index (χ0) is 15.8. The number of fused-ring (bicyclic) bond motifs is 3. The minimum absolute atomic E-state index is 0.620. The Morgan fingerprint density at radius 3 is 2.83 bits per heavy atom. The Morgan fingerprint density at radius 2 is 1.96 bits per heavy atom. The number of nitrogens with one attached hydrogen (secondary N) is 1. The van der Waals surface area contributed by atoms with Gasteiger partial charge in [-0.25, -0.2) is 9.97 Å². The van der Waals surface area contributed by atoms with Crippen LogP contribution >= 0.6 is 0 Å².